The minimum absolute atomic E-state index is 0.172. The SMILES string of the molecule is COc1cccc(C(CNC(=S)NCc2ccc3c(c2)OCO3)N(C)C)c1. The van der Waals surface area contributed by atoms with Crippen molar-refractivity contribution in [1.29, 1.82) is 0 Å². The summed E-state index contributed by atoms with van der Waals surface area (Å²) in [5, 5.41) is 7.16. The van der Waals surface area contributed by atoms with Crippen LogP contribution in [0.15, 0.2) is 42.5 Å². The van der Waals surface area contributed by atoms with E-state index in [1.54, 1.807) is 7.11 Å². The number of fused-ring (bicyclic) bond motifs is 1. The molecular formula is C20H25N3O3S. The number of rotatable bonds is 7. The molecule has 0 spiro atoms. The standard InChI is InChI=1S/C20H25N3O3S/c1-23(2)17(15-5-4-6-16(10-15)24-3)12-22-20(27)21-11-14-7-8-18-19(9-14)26-13-25-18/h4-10,17H,11-13H2,1-3H3,(H2,21,22,27). The van der Waals surface area contributed by atoms with Crippen LogP contribution in [0.2, 0.25) is 0 Å². The first kappa shape index (κ1) is 19.3. The Hall–Kier alpha value is -2.51. The fourth-order valence-electron chi connectivity index (χ4n) is 2.93. The highest BCUT2D eigenvalue weighted by Crippen LogP contribution is 2.32. The Morgan fingerprint density at radius 3 is 2.74 bits per heavy atom. The molecule has 0 amide bonds. The molecule has 2 aromatic rings. The van der Waals surface area contributed by atoms with E-state index in [-0.39, 0.29) is 12.8 Å². The first-order chi connectivity index (χ1) is 13.1. The zero-order valence-electron chi connectivity index (χ0n) is 15.8. The maximum absolute atomic E-state index is 5.43. The van der Waals surface area contributed by atoms with Crippen LogP contribution in [0.1, 0.15) is 17.2 Å². The van der Waals surface area contributed by atoms with Gasteiger partial charge in [-0.25, -0.2) is 0 Å². The minimum Gasteiger partial charge on any atom is -0.497 e. The van der Waals surface area contributed by atoms with Gasteiger partial charge in [-0.1, -0.05) is 18.2 Å². The maximum Gasteiger partial charge on any atom is 0.231 e. The average Bonchev–Trinajstić information content (AvgIpc) is 3.14. The van der Waals surface area contributed by atoms with Crippen molar-refractivity contribution in [2.75, 3.05) is 34.5 Å². The van der Waals surface area contributed by atoms with Crippen molar-refractivity contribution in [3.05, 3.63) is 53.6 Å². The summed E-state index contributed by atoms with van der Waals surface area (Å²) in [6.45, 7) is 1.59. The van der Waals surface area contributed by atoms with Crippen LogP contribution in [0.4, 0.5) is 0 Å². The molecular weight excluding hydrogens is 362 g/mol. The number of benzene rings is 2. The fourth-order valence-corrected chi connectivity index (χ4v) is 3.09. The summed E-state index contributed by atoms with van der Waals surface area (Å²) in [7, 11) is 5.78. The molecule has 3 rings (SSSR count). The van der Waals surface area contributed by atoms with Crippen molar-refractivity contribution in [3.63, 3.8) is 0 Å². The Balaban J connectivity index is 1.53. The Labute approximate surface area is 165 Å². The van der Waals surface area contributed by atoms with Gasteiger partial charge in [0, 0.05) is 13.1 Å². The molecule has 1 aliphatic heterocycles. The third-order valence-corrected chi connectivity index (χ3v) is 4.74. The van der Waals surface area contributed by atoms with E-state index in [9.17, 15) is 0 Å². The van der Waals surface area contributed by atoms with Gasteiger partial charge in [-0.05, 0) is 61.7 Å². The molecule has 2 aromatic carbocycles. The van der Waals surface area contributed by atoms with Gasteiger partial charge in [0.25, 0.3) is 0 Å². The van der Waals surface area contributed by atoms with Crippen molar-refractivity contribution in [1.82, 2.24) is 15.5 Å². The van der Waals surface area contributed by atoms with E-state index in [0.29, 0.717) is 18.2 Å². The average molecular weight is 388 g/mol. The second-order valence-electron chi connectivity index (χ2n) is 6.51. The molecule has 0 bridgehead atoms. The molecule has 144 valence electrons. The number of hydrogen-bond donors (Lipinski definition) is 2. The summed E-state index contributed by atoms with van der Waals surface area (Å²) in [6.07, 6.45) is 0. The molecule has 0 radical (unpaired) electrons. The zero-order chi connectivity index (χ0) is 19.2. The lowest BCUT2D eigenvalue weighted by atomic mass is 10.1. The van der Waals surface area contributed by atoms with Gasteiger partial charge in [0.15, 0.2) is 16.6 Å². The van der Waals surface area contributed by atoms with Crippen LogP contribution in [0.25, 0.3) is 0 Å². The normalized spacial score (nSPS) is 13.3. The molecule has 2 N–H and O–H groups in total. The van der Waals surface area contributed by atoms with Gasteiger partial charge in [-0.15, -0.1) is 0 Å². The van der Waals surface area contributed by atoms with Crippen molar-refractivity contribution in [2.45, 2.75) is 12.6 Å². The molecule has 0 saturated carbocycles. The van der Waals surface area contributed by atoms with Gasteiger partial charge in [0.2, 0.25) is 6.79 Å². The monoisotopic (exact) mass is 387 g/mol. The van der Waals surface area contributed by atoms with Crippen LogP contribution >= 0.6 is 12.2 Å². The van der Waals surface area contributed by atoms with Crippen LogP contribution in [-0.4, -0.2) is 44.6 Å². The number of likely N-dealkylation sites (N-methyl/N-ethyl adjacent to an activating group) is 1. The summed E-state index contributed by atoms with van der Waals surface area (Å²) in [4.78, 5) is 2.15. The smallest absolute Gasteiger partial charge is 0.231 e. The molecule has 0 aromatic heterocycles. The molecule has 0 aliphatic carbocycles. The van der Waals surface area contributed by atoms with E-state index >= 15 is 0 Å². The molecule has 27 heavy (non-hydrogen) atoms. The van der Waals surface area contributed by atoms with Gasteiger partial charge in [0.1, 0.15) is 5.75 Å². The van der Waals surface area contributed by atoms with Gasteiger partial charge in [0.05, 0.1) is 13.2 Å². The van der Waals surface area contributed by atoms with E-state index in [1.807, 2.05) is 30.3 Å². The van der Waals surface area contributed by atoms with Crippen LogP contribution in [0.5, 0.6) is 17.2 Å². The van der Waals surface area contributed by atoms with Crippen molar-refractivity contribution < 1.29 is 14.2 Å². The first-order valence-electron chi connectivity index (χ1n) is 8.77. The molecule has 1 heterocycles. The Morgan fingerprint density at radius 2 is 1.96 bits per heavy atom. The van der Waals surface area contributed by atoms with Crippen LogP contribution in [0, 0.1) is 0 Å². The second-order valence-corrected chi connectivity index (χ2v) is 6.92. The molecule has 1 atom stereocenters. The third kappa shape index (κ3) is 5.02. The predicted molar refractivity (Wildman–Crippen MR) is 109 cm³/mol. The highest BCUT2D eigenvalue weighted by molar-refractivity contribution is 7.80. The van der Waals surface area contributed by atoms with Gasteiger partial charge in [-0.2, -0.15) is 0 Å². The molecule has 1 unspecified atom stereocenters. The van der Waals surface area contributed by atoms with Crippen LogP contribution in [0.3, 0.4) is 0 Å². The number of hydrogen-bond acceptors (Lipinski definition) is 5. The van der Waals surface area contributed by atoms with Crippen molar-refractivity contribution in [2.24, 2.45) is 0 Å². The van der Waals surface area contributed by atoms with Gasteiger partial charge < -0.3 is 29.7 Å². The Morgan fingerprint density at radius 1 is 1.15 bits per heavy atom. The number of ether oxygens (including phenoxy) is 3. The van der Waals surface area contributed by atoms with Crippen LogP contribution in [-0.2, 0) is 6.54 Å². The molecule has 0 saturated heterocycles. The molecule has 1 aliphatic rings. The van der Waals surface area contributed by atoms with Gasteiger partial charge >= 0.3 is 0 Å². The summed E-state index contributed by atoms with van der Waals surface area (Å²) < 4.78 is 16.1. The zero-order valence-corrected chi connectivity index (χ0v) is 16.6. The third-order valence-electron chi connectivity index (χ3n) is 4.45. The van der Waals surface area contributed by atoms with Gasteiger partial charge in [-0.3, -0.25) is 0 Å². The molecule has 6 nitrogen and oxygen atoms in total. The largest absolute Gasteiger partial charge is 0.497 e. The Kier molecular flexibility index (Phi) is 6.36. The van der Waals surface area contributed by atoms with E-state index in [0.717, 1.165) is 22.8 Å². The Bertz CT molecular complexity index is 798. The van der Waals surface area contributed by atoms with Crippen molar-refractivity contribution in [3.8, 4) is 17.2 Å². The first-order valence-corrected chi connectivity index (χ1v) is 9.18. The molecule has 0 fully saturated rings. The van der Waals surface area contributed by atoms with E-state index in [4.69, 9.17) is 26.4 Å². The van der Waals surface area contributed by atoms with Crippen LogP contribution < -0.4 is 24.8 Å². The van der Waals surface area contributed by atoms with E-state index < -0.39 is 0 Å². The lowest BCUT2D eigenvalue weighted by Gasteiger charge is -2.26. The van der Waals surface area contributed by atoms with E-state index in [1.165, 1.54) is 5.56 Å². The predicted octanol–water partition coefficient (Wildman–Crippen LogP) is 2.69. The summed E-state index contributed by atoms with van der Waals surface area (Å²) >= 11 is 5.43. The highest BCUT2D eigenvalue weighted by atomic mass is 32.1. The maximum atomic E-state index is 5.43. The minimum atomic E-state index is 0.172. The number of nitrogens with zero attached hydrogens (tertiary/aromatic N) is 1. The quantitative estimate of drug-likeness (QED) is 0.709. The number of nitrogens with one attached hydrogen (secondary N) is 2. The molecule has 7 heteroatoms. The summed E-state index contributed by atoms with van der Waals surface area (Å²) in [5.74, 6) is 2.41. The highest BCUT2D eigenvalue weighted by Gasteiger charge is 2.16. The summed E-state index contributed by atoms with van der Waals surface area (Å²) in [6, 6.07) is 14.2. The van der Waals surface area contributed by atoms with Crippen molar-refractivity contribution >= 4 is 17.3 Å². The number of methoxy groups -OCH3 is 1. The number of thiocarbonyl (C=S) groups is 1. The lowest BCUT2D eigenvalue weighted by molar-refractivity contribution is 0.174. The topological polar surface area (TPSA) is 55.0 Å². The second kappa shape index (κ2) is 8.92. The summed E-state index contributed by atoms with van der Waals surface area (Å²) in [5.41, 5.74) is 2.26. The fraction of sp³-hybridized carbons (Fsp3) is 0.350. The van der Waals surface area contributed by atoms with E-state index in [2.05, 4.69) is 41.8 Å². The lowest BCUT2D eigenvalue weighted by Crippen LogP contribution is -2.40.